The molecule has 9 heteroatoms. The van der Waals surface area contributed by atoms with E-state index in [1.807, 2.05) is 24.3 Å². The van der Waals surface area contributed by atoms with Crippen LogP contribution in [0.3, 0.4) is 0 Å². The highest BCUT2D eigenvalue weighted by molar-refractivity contribution is 5.89. The zero-order chi connectivity index (χ0) is 19.2. The van der Waals surface area contributed by atoms with Crippen LogP contribution in [0.2, 0.25) is 0 Å². The molecule has 142 valence electrons. The van der Waals surface area contributed by atoms with Gasteiger partial charge in [-0.25, -0.2) is 9.53 Å². The van der Waals surface area contributed by atoms with Crippen LogP contribution in [0, 0.1) is 0 Å². The molecule has 2 heterocycles. The Bertz CT molecular complexity index is 904. The monoisotopic (exact) mass is 382 g/mol. The number of nitrogens with one attached hydrogen (secondary N) is 1. The van der Waals surface area contributed by atoms with Gasteiger partial charge in [0.25, 0.3) is 0 Å². The third-order valence-electron chi connectivity index (χ3n) is 4.44. The summed E-state index contributed by atoms with van der Waals surface area (Å²) in [6.45, 7) is 0.865. The molecular formula is C18H14F4N2O3. The summed E-state index contributed by atoms with van der Waals surface area (Å²) in [7, 11) is 0. The second-order valence-electron chi connectivity index (χ2n) is 6.27. The van der Waals surface area contributed by atoms with E-state index in [-0.39, 0.29) is 5.69 Å². The molecule has 2 amide bonds. The number of carbonyl (C=O) groups is 1. The van der Waals surface area contributed by atoms with Crippen molar-refractivity contribution in [3.63, 3.8) is 0 Å². The van der Waals surface area contributed by atoms with Crippen LogP contribution in [0.4, 0.5) is 28.0 Å². The summed E-state index contributed by atoms with van der Waals surface area (Å²) in [5.74, 6) is -0.707. The fraction of sp³-hybridized carbons (Fsp3) is 0.278. The number of alkyl halides is 4. The van der Waals surface area contributed by atoms with Crippen LogP contribution in [-0.2, 0) is 23.8 Å². The van der Waals surface area contributed by atoms with Gasteiger partial charge >= 0.3 is 18.4 Å². The first kappa shape index (κ1) is 17.6. The highest BCUT2D eigenvalue weighted by Gasteiger charge is 2.54. The van der Waals surface area contributed by atoms with E-state index < -0.39 is 29.7 Å². The molecular weight excluding hydrogens is 368 g/mol. The Labute approximate surface area is 151 Å². The number of nitrogens with zero attached hydrogens (tertiary/aromatic N) is 1. The van der Waals surface area contributed by atoms with Gasteiger partial charge in [-0.2, -0.15) is 8.78 Å². The molecule has 0 aromatic heterocycles. The van der Waals surface area contributed by atoms with E-state index >= 15 is 0 Å². The maximum atomic E-state index is 13.8. The summed E-state index contributed by atoms with van der Waals surface area (Å²) in [4.78, 5) is 14.0. The highest BCUT2D eigenvalue weighted by atomic mass is 19.3. The molecule has 0 radical (unpaired) electrons. The number of halogens is 4. The number of rotatable bonds is 1. The van der Waals surface area contributed by atoms with Crippen molar-refractivity contribution in [1.82, 2.24) is 4.90 Å². The van der Waals surface area contributed by atoms with Gasteiger partial charge in [0.1, 0.15) is 5.75 Å². The van der Waals surface area contributed by atoms with Crippen LogP contribution in [0.15, 0.2) is 42.5 Å². The van der Waals surface area contributed by atoms with Gasteiger partial charge in [-0.1, -0.05) is 24.3 Å². The second-order valence-corrected chi connectivity index (χ2v) is 6.27. The average Bonchev–Trinajstić information content (AvgIpc) is 2.60. The number of carbonyl (C=O) groups excluding carboxylic acids is 1. The van der Waals surface area contributed by atoms with Gasteiger partial charge in [-0.3, -0.25) is 0 Å². The molecule has 0 saturated carbocycles. The molecule has 27 heavy (non-hydrogen) atoms. The molecule has 0 aliphatic carbocycles. The summed E-state index contributed by atoms with van der Waals surface area (Å²) in [5, 5.41) is 2.51. The Hall–Kier alpha value is -2.81. The topological polar surface area (TPSA) is 50.8 Å². The first-order valence-corrected chi connectivity index (χ1v) is 8.16. The van der Waals surface area contributed by atoms with Gasteiger partial charge < -0.3 is 15.0 Å². The minimum absolute atomic E-state index is 0.0229. The minimum Gasteiger partial charge on any atom is -0.409 e. The van der Waals surface area contributed by atoms with Crippen LogP contribution in [0.25, 0.3) is 0 Å². The van der Waals surface area contributed by atoms with Crippen molar-refractivity contribution >= 4 is 11.7 Å². The Morgan fingerprint density at radius 3 is 2.59 bits per heavy atom. The SMILES string of the molecule is O=C(Nc1ccc2c(c1)C(F)(F)OC(F)(F)O2)N1CCc2ccccc2C1. The van der Waals surface area contributed by atoms with Crippen molar-refractivity contribution in [3.8, 4) is 5.75 Å². The molecule has 0 fully saturated rings. The van der Waals surface area contributed by atoms with Crippen molar-refractivity contribution in [3.05, 3.63) is 59.2 Å². The maximum Gasteiger partial charge on any atom is 0.540 e. The summed E-state index contributed by atoms with van der Waals surface area (Å²) < 4.78 is 61.3. The van der Waals surface area contributed by atoms with E-state index in [4.69, 9.17) is 0 Å². The molecule has 0 saturated heterocycles. The van der Waals surface area contributed by atoms with Gasteiger partial charge in [0.2, 0.25) is 0 Å². The number of hydrogen-bond acceptors (Lipinski definition) is 3. The molecule has 5 nitrogen and oxygen atoms in total. The molecule has 2 aromatic rings. The number of benzene rings is 2. The first-order chi connectivity index (χ1) is 12.7. The Kier molecular flexibility index (Phi) is 3.99. The van der Waals surface area contributed by atoms with Crippen LogP contribution in [0.5, 0.6) is 5.75 Å². The summed E-state index contributed by atoms with van der Waals surface area (Å²) >= 11 is 0. The summed E-state index contributed by atoms with van der Waals surface area (Å²) in [6, 6.07) is 10.3. The quantitative estimate of drug-likeness (QED) is 0.749. The fourth-order valence-electron chi connectivity index (χ4n) is 3.15. The summed E-state index contributed by atoms with van der Waals surface area (Å²) in [6.07, 6.45) is -7.99. The minimum atomic E-state index is -4.43. The van der Waals surface area contributed by atoms with Crippen molar-refractivity contribution in [2.75, 3.05) is 11.9 Å². The summed E-state index contributed by atoms with van der Waals surface area (Å²) in [5.41, 5.74) is 1.31. The van der Waals surface area contributed by atoms with Crippen LogP contribution in [-0.4, -0.2) is 23.8 Å². The molecule has 1 N–H and O–H groups in total. The standard InChI is InChI=1S/C18H14F4N2O3/c19-17(20)14-9-13(5-6-15(14)26-18(21,22)27-17)23-16(25)24-8-7-11-3-1-2-4-12(11)10-24/h1-6,9H,7-8,10H2,(H,23,25). The molecule has 0 bridgehead atoms. The lowest BCUT2D eigenvalue weighted by molar-refractivity contribution is -0.461. The van der Waals surface area contributed by atoms with Gasteiger partial charge in [-0.15, -0.1) is 8.78 Å². The van der Waals surface area contributed by atoms with Crippen LogP contribution < -0.4 is 10.1 Å². The number of ether oxygens (including phenoxy) is 2. The number of urea groups is 1. The van der Waals surface area contributed by atoms with Crippen molar-refractivity contribution in [1.29, 1.82) is 0 Å². The Morgan fingerprint density at radius 1 is 1.07 bits per heavy atom. The van der Waals surface area contributed by atoms with Crippen molar-refractivity contribution in [2.45, 2.75) is 25.4 Å². The van der Waals surface area contributed by atoms with Crippen LogP contribution >= 0.6 is 0 Å². The number of fused-ring (bicyclic) bond motifs is 2. The molecule has 0 spiro atoms. The lowest BCUT2D eigenvalue weighted by atomic mass is 10.0. The molecule has 4 rings (SSSR count). The average molecular weight is 382 g/mol. The zero-order valence-corrected chi connectivity index (χ0v) is 13.8. The number of amides is 2. The normalized spacial score (nSPS) is 19.5. The van der Waals surface area contributed by atoms with E-state index in [0.717, 1.165) is 23.3 Å². The third-order valence-corrected chi connectivity index (χ3v) is 4.44. The largest absolute Gasteiger partial charge is 0.540 e. The van der Waals surface area contributed by atoms with Gasteiger partial charge in [0, 0.05) is 18.8 Å². The molecule has 2 aromatic carbocycles. The van der Waals surface area contributed by atoms with E-state index in [9.17, 15) is 22.4 Å². The van der Waals surface area contributed by atoms with Gasteiger partial charge in [0.15, 0.2) is 0 Å². The van der Waals surface area contributed by atoms with Crippen LogP contribution in [0.1, 0.15) is 16.7 Å². The van der Waals surface area contributed by atoms with E-state index in [1.54, 1.807) is 4.90 Å². The van der Waals surface area contributed by atoms with Crippen molar-refractivity contribution < 1.29 is 31.8 Å². The number of hydrogen-bond donors (Lipinski definition) is 1. The van der Waals surface area contributed by atoms with E-state index in [1.165, 1.54) is 6.07 Å². The molecule has 0 atom stereocenters. The van der Waals surface area contributed by atoms with Gasteiger partial charge in [0.05, 0.1) is 5.56 Å². The Balaban J connectivity index is 1.52. The smallest absolute Gasteiger partial charge is 0.409 e. The van der Waals surface area contributed by atoms with E-state index in [2.05, 4.69) is 14.8 Å². The Morgan fingerprint density at radius 2 is 1.81 bits per heavy atom. The second kappa shape index (κ2) is 6.12. The maximum absolute atomic E-state index is 13.8. The zero-order valence-electron chi connectivity index (χ0n) is 13.8. The fourth-order valence-corrected chi connectivity index (χ4v) is 3.15. The lowest BCUT2D eigenvalue weighted by Crippen LogP contribution is -2.41. The molecule has 2 aliphatic rings. The third kappa shape index (κ3) is 3.42. The predicted molar refractivity (Wildman–Crippen MR) is 86.6 cm³/mol. The highest BCUT2D eigenvalue weighted by Crippen LogP contribution is 2.46. The van der Waals surface area contributed by atoms with Gasteiger partial charge in [-0.05, 0) is 35.7 Å². The molecule has 0 unspecified atom stereocenters. The first-order valence-electron chi connectivity index (χ1n) is 8.16. The predicted octanol–water partition coefficient (Wildman–Crippen LogP) is 4.29. The van der Waals surface area contributed by atoms with Crippen molar-refractivity contribution in [2.24, 2.45) is 0 Å². The van der Waals surface area contributed by atoms with E-state index in [0.29, 0.717) is 19.5 Å². The molecule has 2 aliphatic heterocycles. The number of anilines is 1. The lowest BCUT2D eigenvalue weighted by Gasteiger charge is -2.31.